The number of aliphatic hydroxyl groups excluding tert-OH is 1. The second-order valence-electron chi connectivity index (χ2n) is 5.70. The van der Waals surface area contributed by atoms with Gasteiger partial charge in [0.25, 0.3) is 5.91 Å². The number of hydrogen-bond donors (Lipinski definition) is 2. The van der Waals surface area contributed by atoms with Gasteiger partial charge in [-0.3, -0.25) is 9.78 Å². The number of benzene rings is 1. The van der Waals surface area contributed by atoms with Crippen molar-refractivity contribution in [3.63, 3.8) is 0 Å². The first-order chi connectivity index (χ1) is 12.3. The third kappa shape index (κ3) is 5.73. The maximum atomic E-state index is 12.2. The molecular formula is C18H19F3N2O3. The van der Waals surface area contributed by atoms with Crippen molar-refractivity contribution >= 4 is 5.91 Å². The van der Waals surface area contributed by atoms with E-state index in [1.165, 1.54) is 36.7 Å². The molecule has 140 valence electrons. The van der Waals surface area contributed by atoms with Crippen molar-refractivity contribution in [2.75, 3.05) is 13.2 Å². The molecule has 5 nitrogen and oxygen atoms in total. The van der Waals surface area contributed by atoms with Crippen LogP contribution in [0.4, 0.5) is 13.2 Å². The molecule has 0 aliphatic rings. The Bertz CT molecular complexity index is 729. The summed E-state index contributed by atoms with van der Waals surface area (Å²) in [6, 6.07) is 6.91. The zero-order valence-electron chi connectivity index (χ0n) is 14.1. The van der Waals surface area contributed by atoms with Gasteiger partial charge < -0.3 is 15.2 Å². The number of nitrogens with zero attached hydrogens (tertiary/aromatic N) is 1. The van der Waals surface area contributed by atoms with Gasteiger partial charge >= 0.3 is 6.36 Å². The molecule has 1 unspecified atom stereocenters. The molecule has 0 aliphatic carbocycles. The van der Waals surface area contributed by atoms with Crippen LogP contribution in [0.25, 0.3) is 11.1 Å². The molecule has 2 rings (SSSR count). The Morgan fingerprint density at radius 2 is 1.92 bits per heavy atom. The zero-order chi connectivity index (χ0) is 19.2. The molecule has 1 atom stereocenters. The van der Waals surface area contributed by atoms with Gasteiger partial charge in [-0.2, -0.15) is 0 Å². The molecule has 1 amide bonds. The van der Waals surface area contributed by atoms with Crippen molar-refractivity contribution in [2.45, 2.75) is 19.7 Å². The molecule has 2 aromatic rings. The van der Waals surface area contributed by atoms with Crippen molar-refractivity contribution in [2.24, 2.45) is 5.92 Å². The highest BCUT2D eigenvalue weighted by molar-refractivity contribution is 5.95. The minimum atomic E-state index is -4.74. The average Bonchev–Trinajstić information content (AvgIpc) is 2.62. The molecule has 2 N–H and O–H groups in total. The number of aromatic nitrogens is 1. The van der Waals surface area contributed by atoms with Crippen LogP contribution in [0.15, 0.2) is 42.7 Å². The van der Waals surface area contributed by atoms with Crippen LogP contribution in [0.2, 0.25) is 0 Å². The summed E-state index contributed by atoms with van der Waals surface area (Å²) in [4.78, 5) is 16.2. The Balaban J connectivity index is 2.09. The Kier molecular flexibility index (Phi) is 6.57. The summed E-state index contributed by atoms with van der Waals surface area (Å²) in [6.45, 7) is 2.25. The van der Waals surface area contributed by atoms with Gasteiger partial charge in [-0.05, 0) is 36.1 Å². The lowest BCUT2D eigenvalue weighted by Crippen LogP contribution is -2.30. The van der Waals surface area contributed by atoms with Crippen molar-refractivity contribution in [3.8, 4) is 16.9 Å². The monoisotopic (exact) mass is 368 g/mol. The normalized spacial score (nSPS) is 12.5. The van der Waals surface area contributed by atoms with E-state index in [4.69, 9.17) is 5.11 Å². The minimum absolute atomic E-state index is 0.0125. The van der Waals surface area contributed by atoms with Gasteiger partial charge in [-0.1, -0.05) is 19.1 Å². The number of rotatable bonds is 7. The van der Waals surface area contributed by atoms with E-state index in [-0.39, 0.29) is 24.2 Å². The average molecular weight is 368 g/mol. The number of halogens is 3. The number of amides is 1. The van der Waals surface area contributed by atoms with E-state index in [0.29, 0.717) is 23.2 Å². The lowest BCUT2D eigenvalue weighted by molar-refractivity contribution is -0.274. The highest BCUT2D eigenvalue weighted by Gasteiger charge is 2.30. The summed E-state index contributed by atoms with van der Waals surface area (Å²) in [5.74, 6) is -0.669. The molecule has 1 aromatic heterocycles. The number of carbonyl (C=O) groups excluding carboxylic acids is 1. The van der Waals surface area contributed by atoms with E-state index in [9.17, 15) is 18.0 Å². The summed E-state index contributed by atoms with van der Waals surface area (Å²) in [5.41, 5.74) is 1.51. The summed E-state index contributed by atoms with van der Waals surface area (Å²) in [7, 11) is 0. The van der Waals surface area contributed by atoms with Crippen molar-refractivity contribution in [3.05, 3.63) is 48.3 Å². The van der Waals surface area contributed by atoms with Gasteiger partial charge in [0.1, 0.15) is 5.75 Å². The largest absolute Gasteiger partial charge is 0.573 e. The zero-order valence-corrected chi connectivity index (χ0v) is 14.1. The van der Waals surface area contributed by atoms with Gasteiger partial charge in [0.05, 0.1) is 5.56 Å². The molecule has 0 saturated carbocycles. The quantitative estimate of drug-likeness (QED) is 0.786. The van der Waals surface area contributed by atoms with Crippen LogP contribution in [-0.2, 0) is 0 Å². The summed E-state index contributed by atoms with van der Waals surface area (Å²) >= 11 is 0. The van der Waals surface area contributed by atoms with Gasteiger partial charge in [-0.15, -0.1) is 13.2 Å². The van der Waals surface area contributed by atoms with Gasteiger partial charge in [0.2, 0.25) is 0 Å². The topological polar surface area (TPSA) is 71.5 Å². The fourth-order valence-corrected chi connectivity index (χ4v) is 2.25. The van der Waals surface area contributed by atoms with E-state index < -0.39 is 6.36 Å². The molecular weight excluding hydrogens is 349 g/mol. The van der Waals surface area contributed by atoms with Crippen molar-refractivity contribution in [1.29, 1.82) is 0 Å². The molecule has 8 heteroatoms. The first-order valence-electron chi connectivity index (χ1n) is 8.02. The van der Waals surface area contributed by atoms with E-state index in [1.807, 2.05) is 6.92 Å². The molecule has 0 aliphatic heterocycles. The fourth-order valence-electron chi connectivity index (χ4n) is 2.25. The van der Waals surface area contributed by atoms with Crippen molar-refractivity contribution < 1.29 is 27.8 Å². The maximum absolute atomic E-state index is 12.2. The SMILES string of the molecule is CCC(CO)CNC(=O)c1cncc(-c2ccc(OC(F)(F)F)cc2)c1. The van der Waals surface area contributed by atoms with Crippen LogP contribution in [-0.4, -0.2) is 35.5 Å². The number of carbonyl (C=O) groups is 1. The van der Waals surface area contributed by atoms with Crippen LogP contribution in [0.5, 0.6) is 5.75 Å². The molecule has 1 aromatic carbocycles. The minimum Gasteiger partial charge on any atom is -0.406 e. The van der Waals surface area contributed by atoms with Crippen molar-refractivity contribution in [1.82, 2.24) is 10.3 Å². The van der Waals surface area contributed by atoms with Crippen LogP contribution < -0.4 is 10.1 Å². The molecule has 1 heterocycles. The maximum Gasteiger partial charge on any atom is 0.573 e. The molecule has 0 fully saturated rings. The Morgan fingerprint density at radius 3 is 2.50 bits per heavy atom. The number of ether oxygens (including phenoxy) is 1. The number of pyridine rings is 1. The molecule has 0 spiro atoms. The number of alkyl halides is 3. The van der Waals surface area contributed by atoms with E-state index in [2.05, 4.69) is 15.0 Å². The van der Waals surface area contributed by atoms with Crippen LogP contribution in [0, 0.1) is 5.92 Å². The molecule has 26 heavy (non-hydrogen) atoms. The summed E-state index contributed by atoms with van der Waals surface area (Å²) in [6.07, 6.45) is -1.09. The van der Waals surface area contributed by atoms with E-state index >= 15 is 0 Å². The summed E-state index contributed by atoms with van der Waals surface area (Å²) in [5, 5.41) is 11.9. The third-order valence-electron chi connectivity index (χ3n) is 3.81. The first-order valence-corrected chi connectivity index (χ1v) is 8.02. The fraction of sp³-hybridized carbons (Fsp3) is 0.333. The lowest BCUT2D eigenvalue weighted by Gasteiger charge is -2.13. The smallest absolute Gasteiger partial charge is 0.406 e. The van der Waals surface area contributed by atoms with Crippen LogP contribution in [0.3, 0.4) is 0 Å². The predicted octanol–water partition coefficient (Wildman–Crippen LogP) is 3.40. The second-order valence-corrected chi connectivity index (χ2v) is 5.70. The van der Waals surface area contributed by atoms with Gasteiger partial charge in [-0.25, -0.2) is 0 Å². The van der Waals surface area contributed by atoms with E-state index in [1.54, 1.807) is 6.07 Å². The number of hydrogen-bond acceptors (Lipinski definition) is 4. The van der Waals surface area contributed by atoms with Gasteiger partial charge in [0, 0.05) is 31.1 Å². The summed E-state index contributed by atoms with van der Waals surface area (Å²) < 4.78 is 40.4. The second kappa shape index (κ2) is 8.66. The van der Waals surface area contributed by atoms with Crippen LogP contribution in [0.1, 0.15) is 23.7 Å². The molecule has 0 radical (unpaired) electrons. The molecule has 0 saturated heterocycles. The Morgan fingerprint density at radius 1 is 1.23 bits per heavy atom. The Hall–Kier alpha value is -2.61. The highest BCUT2D eigenvalue weighted by Crippen LogP contribution is 2.26. The lowest BCUT2D eigenvalue weighted by atomic mass is 10.1. The van der Waals surface area contributed by atoms with Gasteiger partial charge in [0.15, 0.2) is 0 Å². The van der Waals surface area contributed by atoms with Crippen LogP contribution >= 0.6 is 0 Å². The third-order valence-corrected chi connectivity index (χ3v) is 3.81. The van der Waals surface area contributed by atoms with E-state index in [0.717, 1.165) is 6.42 Å². The first kappa shape index (κ1) is 19.7. The standard InChI is InChI=1S/C18H19F3N2O3/c1-2-12(11-24)8-23-17(25)15-7-14(9-22-10-15)13-3-5-16(6-4-13)26-18(19,20)21/h3-7,9-10,12,24H,2,8,11H2,1H3,(H,23,25). The Labute approximate surface area is 148 Å². The number of aliphatic hydroxyl groups is 1. The molecule has 0 bridgehead atoms. The predicted molar refractivity (Wildman–Crippen MR) is 89.6 cm³/mol. The number of nitrogens with one attached hydrogen (secondary N) is 1. The highest BCUT2D eigenvalue weighted by atomic mass is 19.4.